The normalized spacial score (nSPS) is 13.8. The quantitative estimate of drug-likeness (QED) is 0.637. The summed E-state index contributed by atoms with van der Waals surface area (Å²) in [5, 5.41) is 6.06. The number of ether oxygens (including phenoxy) is 1. The summed E-state index contributed by atoms with van der Waals surface area (Å²) in [5.41, 5.74) is 0.579. The van der Waals surface area contributed by atoms with E-state index in [1.807, 2.05) is 0 Å². The van der Waals surface area contributed by atoms with E-state index in [4.69, 9.17) is 9.26 Å². The van der Waals surface area contributed by atoms with Crippen molar-refractivity contribution in [2.75, 3.05) is 5.32 Å². The fourth-order valence-electron chi connectivity index (χ4n) is 2.24. The zero-order valence-corrected chi connectivity index (χ0v) is 16.8. The smallest absolute Gasteiger partial charge is 0.325 e. The lowest BCUT2D eigenvalue weighted by molar-refractivity contribution is -0.155. The van der Waals surface area contributed by atoms with Crippen molar-refractivity contribution in [2.24, 2.45) is 5.92 Å². The van der Waals surface area contributed by atoms with Gasteiger partial charge >= 0.3 is 5.97 Å². The van der Waals surface area contributed by atoms with Gasteiger partial charge in [0.2, 0.25) is 15.9 Å². The van der Waals surface area contributed by atoms with Crippen LogP contribution in [-0.2, 0) is 24.3 Å². The van der Waals surface area contributed by atoms with Crippen LogP contribution in [0.2, 0.25) is 0 Å². The predicted octanol–water partition coefficient (Wildman–Crippen LogP) is 1.86. The minimum absolute atomic E-state index is 0.0277. The van der Waals surface area contributed by atoms with Crippen LogP contribution in [0.5, 0.6) is 0 Å². The van der Waals surface area contributed by atoms with Crippen LogP contribution in [-0.4, -0.2) is 37.6 Å². The van der Waals surface area contributed by atoms with E-state index in [1.165, 1.54) is 25.1 Å². The molecular formula is C18H23N3O6S. The van der Waals surface area contributed by atoms with Crippen LogP contribution in [0.15, 0.2) is 45.8 Å². The number of sulfonamides is 1. The van der Waals surface area contributed by atoms with Gasteiger partial charge in [-0.3, -0.25) is 14.9 Å². The molecule has 0 spiro atoms. The van der Waals surface area contributed by atoms with Gasteiger partial charge in [-0.15, -0.1) is 0 Å². The zero-order valence-electron chi connectivity index (χ0n) is 16.0. The highest BCUT2D eigenvalue weighted by Crippen LogP contribution is 2.14. The van der Waals surface area contributed by atoms with Gasteiger partial charge in [0.25, 0.3) is 5.91 Å². The Kier molecular flexibility index (Phi) is 6.92. The van der Waals surface area contributed by atoms with Gasteiger partial charge in [-0.05, 0) is 31.9 Å². The van der Waals surface area contributed by atoms with Crippen molar-refractivity contribution < 1.29 is 27.3 Å². The maximum Gasteiger partial charge on any atom is 0.325 e. The Bertz CT molecular complexity index is 924. The van der Waals surface area contributed by atoms with Crippen molar-refractivity contribution in [1.29, 1.82) is 0 Å². The standard InChI is InChI=1S/C18H23N3O6S/c1-11(2)16(21-28(24,25)14-8-6-5-7-9-14)18(23)26-13(4)17(22)19-15-10-12(3)20-27-15/h5-11,13,16,21H,1-4H3,(H,19,22)/t13-,16-/m1/s1. The first-order valence-corrected chi connectivity index (χ1v) is 10.1. The zero-order chi connectivity index (χ0) is 20.9. The van der Waals surface area contributed by atoms with Gasteiger partial charge in [0.05, 0.1) is 10.6 Å². The maximum absolute atomic E-state index is 12.5. The van der Waals surface area contributed by atoms with Crippen LogP contribution >= 0.6 is 0 Å². The number of anilines is 1. The molecule has 0 fully saturated rings. The fraction of sp³-hybridized carbons (Fsp3) is 0.389. The van der Waals surface area contributed by atoms with Crippen molar-refractivity contribution in [2.45, 2.75) is 44.7 Å². The van der Waals surface area contributed by atoms with Gasteiger partial charge < -0.3 is 9.26 Å². The molecule has 2 N–H and O–H groups in total. The van der Waals surface area contributed by atoms with Crippen LogP contribution < -0.4 is 10.0 Å². The topological polar surface area (TPSA) is 128 Å². The molecule has 0 aliphatic carbocycles. The van der Waals surface area contributed by atoms with E-state index in [1.54, 1.807) is 39.0 Å². The molecule has 0 unspecified atom stereocenters. The molecule has 1 aromatic carbocycles. The van der Waals surface area contributed by atoms with Gasteiger partial charge in [-0.1, -0.05) is 37.2 Å². The van der Waals surface area contributed by atoms with E-state index in [0.29, 0.717) is 5.69 Å². The number of carbonyl (C=O) groups excluding carboxylic acids is 2. The van der Waals surface area contributed by atoms with E-state index in [0.717, 1.165) is 0 Å². The number of hydrogen-bond acceptors (Lipinski definition) is 7. The van der Waals surface area contributed by atoms with E-state index >= 15 is 0 Å². The Morgan fingerprint density at radius 1 is 1.14 bits per heavy atom. The van der Waals surface area contributed by atoms with Gasteiger partial charge in [-0.25, -0.2) is 8.42 Å². The number of esters is 1. The molecule has 0 aliphatic rings. The summed E-state index contributed by atoms with van der Waals surface area (Å²) in [6.45, 7) is 6.40. The number of hydrogen-bond donors (Lipinski definition) is 2. The number of aromatic nitrogens is 1. The van der Waals surface area contributed by atoms with Crippen molar-refractivity contribution in [3.05, 3.63) is 42.1 Å². The van der Waals surface area contributed by atoms with Crippen molar-refractivity contribution >= 4 is 27.8 Å². The number of amides is 1. The second kappa shape index (κ2) is 8.98. The monoisotopic (exact) mass is 409 g/mol. The summed E-state index contributed by atoms with van der Waals surface area (Å²) in [5.74, 6) is -1.77. The molecule has 2 rings (SSSR count). The number of nitrogens with one attached hydrogen (secondary N) is 2. The Hall–Kier alpha value is -2.72. The third-order valence-electron chi connectivity index (χ3n) is 3.79. The molecular weight excluding hydrogens is 386 g/mol. The van der Waals surface area contributed by atoms with Crippen molar-refractivity contribution in [3.63, 3.8) is 0 Å². The number of benzene rings is 1. The SMILES string of the molecule is Cc1cc(NC(=O)[C@@H](C)OC(=O)[C@H](NS(=O)(=O)c2ccccc2)C(C)C)on1. The summed E-state index contributed by atoms with van der Waals surface area (Å²) >= 11 is 0. The average Bonchev–Trinajstić information content (AvgIpc) is 3.04. The first kappa shape index (κ1) is 21.6. The first-order chi connectivity index (χ1) is 13.1. The number of aryl methyl sites for hydroxylation is 1. The van der Waals surface area contributed by atoms with Crippen molar-refractivity contribution in [3.8, 4) is 0 Å². The summed E-state index contributed by atoms with van der Waals surface area (Å²) < 4.78 is 37.4. The molecule has 0 bridgehead atoms. The fourth-order valence-corrected chi connectivity index (χ4v) is 3.59. The van der Waals surface area contributed by atoms with E-state index in [-0.39, 0.29) is 10.8 Å². The minimum atomic E-state index is -3.93. The van der Waals surface area contributed by atoms with E-state index in [9.17, 15) is 18.0 Å². The Morgan fingerprint density at radius 2 is 1.79 bits per heavy atom. The molecule has 9 nitrogen and oxygen atoms in total. The molecule has 0 saturated heterocycles. The highest BCUT2D eigenvalue weighted by molar-refractivity contribution is 7.89. The second-order valence-electron chi connectivity index (χ2n) is 6.56. The van der Waals surface area contributed by atoms with Crippen LogP contribution in [0.4, 0.5) is 5.88 Å². The molecule has 2 aromatic rings. The van der Waals surface area contributed by atoms with Crippen LogP contribution in [0.1, 0.15) is 26.5 Å². The van der Waals surface area contributed by atoms with Gasteiger partial charge in [0.1, 0.15) is 6.04 Å². The lowest BCUT2D eigenvalue weighted by Gasteiger charge is -2.22. The summed E-state index contributed by atoms with van der Waals surface area (Å²) in [6.07, 6.45) is -1.17. The Labute approximate surface area is 163 Å². The van der Waals surface area contributed by atoms with E-state index in [2.05, 4.69) is 15.2 Å². The summed E-state index contributed by atoms with van der Waals surface area (Å²) in [7, 11) is -3.93. The highest BCUT2D eigenvalue weighted by Gasteiger charge is 2.32. The predicted molar refractivity (Wildman–Crippen MR) is 101 cm³/mol. The molecule has 0 aliphatic heterocycles. The minimum Gasteiger partial charge on any atom is -0.451 e. The first-order valence-electron chi connectivity index (χ1n) is 8.62. The average molecular weight is 409 g/mol. The number of carbonyl (C=O) groups is 2. The molecule has 2 atom stereocenters. The van der Waals surface area contributed by atoms with E-state index < -0.39 is 40.0 Å². The molecule has 10 heteroatoms. The summed E-state index contributed by atoms with van der Waals surface area (Å²) in [4.78, 5) is 24.7. The Morgan fingerprint density at radius 3 is 2.32 bits per heavy atom. The largest absolute Gasteiger partial charge is 0.451 e. The number of nitrogens with zero attached hydrogens (tertiary/aromatic N) is 1. The van der Waals surface area contributed by atoms with Crippen LogP contribution in [0, 0.1) is 12.8 Å². The van der Waals surface area contributed by atoms with Gasteiger partial charge in [0.15, 0.2) is 6.10 Å². The molecule has 1 heterocycles. The van der Waals surface area contributed by atoms with Crippen molar-refractivity contribution in [1.82, 2.24) is 9.88 Å². The van der Waals surface area contributed by atoms with Gasteiger partial charge in [0, 0.05) is 6.07 Å². The van der Waals surface area contributed by atoms with Crippen LogP contribution in [0.25, 0.3) is 0 Å². The van der Waals surface area contributed by atoms with Gasteiger partial charge in [-0.2, -0.15) is 4.72 Å². The molecule has 1 aromatic heterocycles. The second-order valence-corrected chi connectivity index (χ2v) is 8.27. The third-order valence-corrected chi connectivity index (χ3v) is 5.25. The molecule has 0 saturated carbocycles. The number of rotatable bonds is 8. The molecule has 0 radical (unpaired) electrons. The van der Waals surface area contributed by atoms with Crippen LogP contribution in [0.3, 0.4) is 0 Å². The molecule has 1 amide bonds. The third kappa shape index (κ3) is 5.64. The molecule has 152 valence electrons. The lowest BCUT2D eigenvalue weighted by atomic mass is 10.1. The lowest BCUT2D eigenvalue weighted by Crippen LogP contribution is -2.47. The molecule has 28 heavy (non-hydrogen) atoms. The highest BCUT2D eigenvalue weighted by atomic mass is 32.2. The summed E-state index contributed by atoms with van der Waals surface area (Å²) in [6, 6.07) is 8.03. The maximum atomic E-state index is 12.5. The Balaban J connectivity index is 2.05.